The Morgan fingerprint density at radius 1 is 1.08 bits per heavy atom. The van der Waals surface area contributed by atoms with Crippen LogP contribution in [-0.2, 0) is 22.4 Å². The van der Waals surface area contributed by atoms with Crippen LogP contribution < -0.4 is 5.32 Å². The fourth-order valence-corrected chi connectivity index (χ4v) is 2.33. The van der Waals surface area contributed by atoms with Crippen molar-refractivity contribution in [3.8, 4) is 5.75 Å². The number of hydrogen-bond acceptors (Lipinski definition) is 4. The Bertz CT molecular complexity index is 723. The lowest BCUT2D eigenvalue weighted by molar-refractivity contribution is -0.116. The number of aryl methyl sites for hydroxylation is 2. The van der Waals surface area contributed by atoms with Gasteiger partial charge in [-0.3, -0.25) is 4.79 Å². The molecule has 0 aliphatic heterocycles. The first-order valence-corrected chi connectivity index (χ1v) is 7.83. The fourth-order valence-electron chi connectivity index (χ4n) is 2.33. The molecule has 0 radical (unpaired) electrons. The molecule has 1 amide bonds. The Morgan fingerprint density at radius 3 is 2.38 bits per heavy atom. The first kappa shape index (κ1) is 17.5. The number of amides is 1. The van der Waals surface area contributed by atoms with Crippen molar-refractivity contribution in [1.29, 1.82) is 0 Å². The highest BCUT2D eigenvalue weighted by Gasteiger charge is 2.15. The summed E-state index contributed by atoms with van der Waals surface area (Å²) in [7, 11) is 1.23. The van der Waals surface area contributed by atoms with E-state index in [9.17, 15) is 14.7 Å². The van der Waals surface area contributed by atoms with Gasteiger partial charge in [-0.25, -0.2) is 4.79 Å². The molecule has 2 rings (SSSR count). The monoisotopic (exact) mass is 327 g/mol. The van der Waals surface area contributed by atoms with Crippen molar-refractivity contribution >= 4 is 17.6 Å². The van der Waals surface area contributed by atoms with Gasteiger partial charge in [0.05, 0.1) is 12.8 Å². The second-order valence-electron chi connectivity index (χ2n) is 5.41. The summed E-state index contributed by atoms with van der Waals surface area (Å²) in [6.45, 7) is 2.09. The van der Waals surface area contributed by atoms with E-state index in [1.54, 1.807) is 6.07 Å². The minimum atomic E-state index is -0.653. The molecular weight excluding hydrogens is 306 g/mol. The maximum absolute atomic E-state index is 12.1. The number of rotatable bonds is 6. The molecule has 0 aliphatic rings. The number of methoxy groups -OCH3 is 1. The lowest BCUT2D eigenvalue weighted by Crippen LogP contribution is -2.13. The molecule has 0 aliphatic carbocycles. The zero-order chi connectivity index (χ0) is 17.5. The van der Waals surface area contributed by atoms with Gasteiger partial charge < -0.3 is 15.2 Å². The molecule has 126 valence electrons. The summed E-state index contributed by atoms with van der Waals surface area (Å²) in [6, 6.07) is 12.7. The van der Waals surface area contributed by atoms with Crippen LogP contribution in [0.25, 0.3) is 0 Å². The zero-order valence-electron chi connectivity index (χ0n) is 13.8. The van der Waals surface area contributed by atoms with Crippen LogP contribution in [0.3, 0.4) is 0 Å². The Hall–Kier alpha value is -2.82. The molecule has 2 aromatic carbocycles. The quantitative estimate of drug-likeness (QED) is 0.630. The van der Waals surface area contributed by atoms with E-state index in [2.05, 4.69) is 29.1 Å². The van der Waals surface area contributed by atoms with Gasteiger partial charge in [0.15, 0.2) is 5.75 Å². The Kier molecular flexibility index (Phi) is 5.95. The van der Waals surface area contributed by atoms with Gasteiger partial charge in [0.25, 0.3) is 0 Å². The molecule has 2 aromatic rings. The van der Waals surface area contributed by atoms with Gasteiger partial charge >= 0.3 is 5.97 Å². The summed E-state index contributed by atoms with van der Waals surface area (Å²) in [6.07, 6.45) is 1.87. The van der Waals surface area contributed by atoms with Gasteiger partial charge in [0.2, 0.25) is 5.91 Å². The van der Waals surface area contributed by atoms with Gasteiger partial charge in [0, 0.05) is 6.42 Å². The molecule has 0 aromatic heterocycles. The average Bonchev–Trinajstić information content (AvgIpc) is 2.61. The Morgan fingerprint density at radius 2 is 1.75 bits per heavy atom. The summed E-state index contributed by atoms with van der Waals surface area (Å²) in [5.41, 5.74) is 2.55. The highest BCUT2D eigenvalue weighted by Crippen LogP contribution is 2.28. The number of nitrogens with one attached hydrogen (secondary N) is 1. The number of esters is 1. The smallest absolute Gasteiger partial charge is 0.341 e. The summed E-state index contributed by atoms with van der Waals surface area (Å²) >= 11 is 0. The van der Waals surface area contributed by atoms with Crippen molar-refractivity contribution in [2.75, 3.05) is 12.4 Å². The molecule has 0 spiro atoms. The molecule has 5 nitrogen and oxygen atoms in total. The molecule has 24 heavy (non-hydrogen) atoms. The van der Waals surface area contributed by atoms with Gasteiger partial charge in [-0.2, -0.15) is 0 Å². The molecule has 0 saturated carbocycles. The number of phenols is 1. The molecule has 0 saturated heterocycles. The first-order chi connectivity index (χ1) is 11.5. The molecule has 0 fully saturated rings. The van der Waals surface area contributed by atoms with Gasteiger partial charge in [-0.15, -0.1) is 0 Å². The van der Waals surface area contributed by atoms with Crippen LogP contribution in [0.15, 0.2) is 42.5 Å². The fraction of sp³-hybridized carbons (Fsp3) is 0.263. The van der Waals surface area contributed by atoms with Crippen LogP contribution in [-0.4, -0.2) is 24.1 Å². The van der Waals surface area contributed by atoms with Crippen LogP contribution >= 0.6 is 0 Å². The standard InChI is InChI=1S/C19H21NO4/c1-3-13-7-9-14(10-8-13)11-12-17(21)20-16-6-4-5-15(18(16)22)19(23)24-2/h4-10,22H,3,11-12H2,1-2H3,(H,20,21). The van der Waals surface area contributed by atoms with Crippen molar-refractivity contribution in [2.45, 2.75) is 26.2 Å². The van der Waals surface area contributed by atoms with Crippen LogP contribution in [0.5, 0.6) is 5.75 Å². The van der Waals surface area contributed by atoms with E-state index < -0.39 is 5.97 Å². The van der Waals surface area contributed by atoms with E-state index in [0.29, 0.717) is 6.42 Å². The van der Waals surface area contributed by atoms with E-state index in [0.717, 1.165) is 12.0 Å². The van der Waals surface area contributed by atoms with Gasteiger partial charge in [0.1, 0.15) is 5.56 Å². The van der Waals surface area contributed by atoms with Crippen LogP contribution in [0.1, 0.15) is 34.8 Å². The summed E-state index contributed by atoms with van der Waals surface area (Å²) in [5.74, 6) is -1.17. The number of benzene rings is 2. The largest absolute Gasteiger partial charge is 0.505 e. The molecule has 0 unspecified atom stereocenters. The Labute approximate surface area is 141 Å². The second kappa shape index (κ2) is 8.15. The van der Waals surface area contributed by atoms with E-state index >= 15 is 0 Å². The predicted octanol–water partition coefficient (Wildman–Crippen LogP) is 3.31. The van der Waals surface area contributed by atoms with Crippen LogP contribution in [0.2, 0.25) is 0 Å². The lowest BCUT2D eigenvalue weighted by atomic mass is 10.1. The molecule has 0 bridgehead atoms. The SMILES string of the molecule is CCc1ccc(CCC(=O)Nc2cccc(C(=O)OC)c2O)cc1. The average molecular weight is 327 g/mol. The van der Waals surface area contributed by atoms with Crippen molar-refractivity contribution < 1.29 is 19.4 Å². The van der Waals surface area contributed by atoms with E-state index in [4.69, 9.17) is 0 Å². The van der Waals surface area contributed by atoms with E-state index in [1.165, 1.54) is 24.8 Å². The number of aromatic hydroxyl groups is 1. The van der Waals surface area contributed by atoms with Gasteiger partial charge in [-0.1, -0.05) is 37.3 Å². The maximum Gasteiger partial charge on any atom is 0.341 e. The number of phenolic OH excluding ortho intramolecular Hbond substituents is 1. The normalized spacial score (nSPS) is 10.2. The number of carbonyl (C=O) groups is 2. The summed E-state index contributed by atoms with van der Waals surface area (Å²) in [5, 5.41) is 12.7. The highest BCUT2D eigenvalue weighted by atomic mass is 16.5. The number of hydrogen-bond donors (Lipinski definition) is 2. The number of para-hydroxylation sites is 1. The minimum absolute atomic E-state index is 0.0189. The number of carbonyl (C=O) groups excluding carboxylic acids is 2. The van der Waals surface area contributed by atoms with E-state index in [1.807, 2.05) is 12.1 Å². The van der Waals surface area contributed by atoms with Crippen LogP contribution in [0.4, 0.5) is 5.69 Å². The molecule has 0 heterocycles. The third-order valence-corrected chi connectivity index (χ3v) is 3.79. The molecular formula is C19H21NO4. The predicted molar refractivity (Wildman–Crippen MR) is 92.2 cm³/mol. The highest BCUT2D eigenvalue weighted by molar-refractivity contribution is 5.98. The second-order valence-corrected chi connectivity index (χ2v) is 5.41. The molecule has 2 N–H and O–H groups in total. The number of anilines is 1. The minimum Gasteiger partial charge on any atom is -0.505 e. The van der Waals surface area contributed by atoms with Crippen molar-refractivity contribution in [1.82, 2.24) is 0 Å². The van der Waals surface area contributed by atoms with Crippen molar-refractivity contribution in [3.63, 3.8) is 0 Å². The van der Waals surface area contributed by atoms with Gasteiger partial charge in [-0.05, 0) is 36.1 Å². The lowest BCUT2D eigenvalue weighted by Gasteiger charge is -2.10. The third-order valence-electron chi connectivity index (χ3n) is 3.79. The molecule has 0 atom stereocenters. The van der Waals surface area contributed by atoms with Crippen LogP contribution in [0, 0.1) is 0 Å². The third kappa shape index (κ3) is 4.35. The Balaban J connectivity index is 1.98. The summed E-state index contributed by atoms with van der Waals surface area (Å²) < 4.78 is 4.59. The topological polar surface area (TPSA) is 75.6 Å². The van der Waals surface area contributed by atoms with Crippen molar-refractivity contribution in [3.05, 3.63) is 59.2 Å². The van der Waals surface area contributed by atoms with E-state index in [-0.39, 0.29) is 29.3 Å². The summed E-state index contributed by atoms with van der Waals surface area (Å²) in [4.78, 5) is 23.6. The maximum atomic E-state index is 12.1. The number of ether oxygens (including phenoxy) is 1. The first-order valence-electron chi connectivity index (χ1n) is 7.83. The van der Waals surface area contributed by atoms with Crippen molar-refractivity contribution in [2.24, 2.45) is 0 Å². The molecule has 5 heteroatoms. The zero-order valence-corrected chi connectivity index (χ0v) is 13.8.